The Balaban J connectivity index is 1.76. The van der Waals surface area contributed by atoms with Crippen LogP contribution in [0, 0.1) is 11.6 Å². The minimum atomic E-state index is -0.614. The maximum absolute atomic E-state index is 13.3. The van der Waals surface area contributed by atoms with Crippen LogP contribution in [0.1, 0.15) is 11.4 Å². The monoisotopic (exact) mass is 322 g/mol. The van der Waals surface area contributed by atoms with Crippen molar-refractivity contribution in [3.8, 4) is 11.3 Å². The lowest BCUT2D eigenvalue weighted by molar-refractivity contribution is 0.580. The van der Waals surface area contributed by atoms with Gasteiger partial charge in [-0.2, -0.15) is 9.50 Å². The second-order valence-corrected chi connectivity index (χ2v) is 5.39. The fraction of sp³-hybridized carbons (Fsp3) is 0.0556. The molecule has 2 heterocycles. The van der Waals surface area contributed by atoms with Gasteiger partial charge in [0, 0.05) is 24.2 Å². The number of rotatable bonds is 3. The fourth-order valence-electron chi connectivity index (χ4n) is 2.63. The minimum absolute atomic E-state index is 0.228. The molecular weight excluding hydrogens is 310 g/mol. The third-order valence-electron chi connectivity index (χ3n) is 3.64. The molecule has 0 aliphatic carbocycles. The zero-order valence-electron chi connectivity index (χ0n) is 12.5. The third kappa shape index (κ3) is 2.74. The normalized spacial score (nSPS) is 11.1. The molecule has 0 radical (unpaired) electrons. The topological polar surface area (TPSA) is 43.1 Å². The molecule has 0 amide bonds. The summed E-state index contributed by atoms with van der Waals surface area (Å²) in [5.74, 6) is -0.326. The van der Waals surface area contributed by atoms with E-state index in [0.717, 1.165) is 17.3 Å². The first-order valence-electron chi connectivity index (χ1n) is 7.40. The minimum Gasteiger partial charge on any atom is -0.220 e. The van der Waals surface area contributed by atoms with Crippen LogP contribution in [0.2, 0.25) is 0 Å². The van der Waals surface area contributed by atoms with Crippen LogP contribution in [-0.2, 0) is 6.42 Å². The number of benzene rings is 2. The number of aromatic nitrogens is 4. The first-order chi connectivity index (χ1) is 11.7. The lowest BCUT2D eigenvalue weighted by Crippen LogP contribution is -1.97. The van der Waals surface area contributed by atoms with Crippen LogP contribution in [-0.4, -0.2) is 19.6 Å². The average molecular weight is 322 g/mol. The van der Waals surface area contributed by atoms with E-state index in [1.54, 1.807) is 10.7 Å². The molecule has 0 aliphatic heterocycles. The van der Waals surface area contributed by atoms with E-state index < -0.39 is 11.6 Å². The molecular formula is C18H12F2N4. The Morgan fingerprint density at radius 1 is 0.917 bits per heavy atom. The van der Waals surface area contributed by atoms with E-state index in [-0.39, 0.29) is 6.42 Å². The Bertz CT molecular complexity index is 992. The molecule has 0 unspecified atom stereocenters. The summed E-state index contributed by atoms with van der Waals surface area (Å²) in [6.07, 6.45) is 1.89. The second-order valence-electron chi connectivity index (χ2n) is 5.39. The molecule has 4 aromatic rings. The average Bonchev–Trinajstić information content (AvgIpc) is 2.96. The lowest BCUT2D eigenvalue weighted by Gasteiger charge is -2.02. The molecule has 0 saturated heterocycles. The fourth-order valence-corrected chi connectivity index (χ4v) is 2.63. The molecule has 0 fully saturated rings. The Kier molecular flexibility index (Phi) is 3.49. The second kappa shape index (κ2) is 5.81. The Morgan fingerprint density at radius 3 is 2.42 bits per heavy atom. The van der Waals surface area contributed by atoms with E-state index in [1.165, 1.54) is 12.1 Å². The first-order valence-corrected chi connectivity index (χ1v) is 7.40. The van der Waals surface area contributed by atoms with E-state index >= 15 is 0 Å². The Labute approximate surface area is 136 Å². The quantitative estimate of drug-likeness (QED) is 0.578. The number of hydrogen-bond acceptors (Lipinski definition) is 3. The predicted molar refractivity (Wildman–Crippen MR) is 85.4 cm³/mol. The van der Waals surface area contributed by atoms with Gasteiger partial charge >= 0.3 is 0 Å². The maximum Gasteiger partial charge on any atom is 0.252 e. The highest BCUT2D eigenvalue weighted by atomic mass is 19.1. The molecule has 4 nitrogen and oxygen atoms in total. The van der Waals surface area contributed by atoms with Gasteiger partial charge in [-0.15, -0.1) is 5.10 Å². The van der Waals surface area contributed by atoms with Crippen LogP contribution in [0.4, 0.5) is 8.78 Å². The van der Waals surface area contributed by atoms with Gasteiger partial charge in [0.15, 0.2) is 5.82 Å². The molecule has 24 heavy (non-hydrogen) atoms. The van der Waals surface area contributed by atoms with E-state index in [9.17, 15) is 8.78 Å². The van der Waals surface area contributed by atoms with Gasteiger partial charge in [-0.3, -0.25) is 0 Å². The van der Waals surface area contributed by atoms with Crippen LogP contribution in [0.5, 0.6) is 0 Å². The van der Waals surface area contributed by atoms with Crippen LogP contribution < -0.4 is 0 Å². The highest BCUT2D eigenvalue weighted by Crippen LogP contribution is 2.19. The van der Waals surface area contributed by atoms with Gasteiger partial charge in [0.1, 0.15) is 11.6 Å². The van der Waals surface area contributed by atoms with Crippen LogP contribution >= 0.6 is 0 Å². The summed E-state index contributed by atoms with van der Waals surface area (Å²) in [5, 5.41) is 4.44. The van der Waals surface area contributed by atoms with Crippen LogP contribution in [0.3, 0.4) is 0 Å². The van der Waals surface area contributed by atoms with Gasteiger partial charge in [-0.25, -0.2) is 13.8 Å². The summed E-state index contributed by atoms with van der Waals surface area (Å²) in [6.45, 7) is 0. The van der Waals surface area contributed by atoms with E-state index in [4.69, 9.17) is 0 Å². The summed E-state index contributed by atoms with van der Waals surface area (Å²) < 4.78 is 28.3. The van der Waals surface area contributed by atoms with Crippen LogP contribution in [0.15, 0.2) is 60.8 Å². The van der Waals surface area contributed by atoms with Crippen molar-refractivity contribution in [1.82, 2.24) is 19.6 Å². The van der Waals surface area contributed by atoms with Gasteiger partial charge in [-0.1, -0.05) is 30.3 Å². The maximum atomic E-state index is 13.3. The summed E-state index contributed by atoms with van der Waals surface area (Å²) in [6, 6.07) is 15.0. The number of nitrogens with zero attached hydrogens (tertiary/aromatic N) is 4. The molecule has 2 aromatic heterocycles. The van der Waals surface area contributed by atoms with Gasteiger partial charge < -0.3 is 0 Å². The van der Waals surface area contributed by atoms with Crippen molar-refractivity contribution in [3.05, 3.63) is 83.8 Å². The van der Waals surface area contributed by atoms with E-state index in [2.05, 4.69) is 15.1 Å². The zero-order chi connectivity index (χ0) is 16.5. The number of halogens is 2. The molecule has 0 bridgehead atoms. The van der Waals surface area contributed by atoms with Crippen LogP contribution in [0.25, 0.3) is 17.0 Å². The zero-order valence-corrected chi connectivity index (χ0v) is 12.5. The van der Waals surface area contributed by atoms with Crippen molar-refractivity contribution in [3.63, 3.8) is 0 Å². The molecule has 0 spiro atoms. The van der Waals surface area contributed by atoms with Crippen molar-refractivity contribution >= 4 is 5.78 Å². The molecule has 0 saturated carbocycles. The molecule has 0 N–H and O–H groups in total. The first kappa shape index (κ1) is 14.4. The molecule has 2 aromatic carbocycles. The van der Waals surface area contributed by atoms with E-state index in [1.807, 2.05) is 36.4 Å². The lowest BCUT2D eigenvalue weighted by atomic mass is 10.1. The van der Waals surface area contributed by atoms with Gasteiger partial charge in [0.05, 0.1) is 5.69 Å². The smallest absolute Gasteiger partial charge is 0.220 e. The SMILES string of the molecule is Fc1cc(F)cc(Cc2nc3nccc(-c4ccccc4)n3n2)c1. The summed E-state index contributed by atoms with van der Waals surface area (Å²) >= 11 is 0. The predicted octanol–water partition coefficient (Wildman–Crippen LogP) is 3.66. The molecule has 6 heteroatoms. The summed E-state index contributed by atoms with van der Waals surface area (Å²) in [4.78, 5) is 8.56. The van der Waals surface area contributed by atoms with Crippen molar-refractivity contribution in [2.24, 2.45) is 0 Å². The van der Waals surface area contributed by atoms with E-state index in [0.29, 0.717) is 17.2 Å². The molecule has 0 aliphatic rings. The Hall–Kier alpha value is -3.15. The highest BCUT2D eigenvalue weighted by Gasteiger charge is 2.11. The standard InChI is InChI=1S/C18H12F2N4/c19-14-8-12(9-15(20)11-14)10-17-22-18-21-7-6-16(24(18)23-17)13-4-2-1-3-5-13/h1-9,11H,10H2. The summed E-state index contributed by atoms with van der Waals surface area (Å²) in [7, 11) is 0. The largest absolute Gasteiger partial charge is 0.252 e. The van der Waals surface area contributed by atoms with Crippen molar-refractivity contribution in [2.75, 3.05) is 0 Å². The Morgan fingerprint density at radius 2 is 1.67 bits per heavy atom. The number of hydrogen-bond donors (Lipinski definition) is 0. The number of fused-ring (bicyclic) bond motifs is 1. The van der Waals surface area contributed by atoms with Crippen molar-refractivity contribution in [1.29, 1.82) is 0 Å². The van der Waals surface area contributed by atoms with Crippen molar-refractivity contribution < 1.29 is 8.78 Å². The van der Waals surface area contributed by atoms with Gasteiger partial charge in [0.25, 0.3) is 5.78 Å². The van der Waals surface area contributed by atoms with Gasteiger partial charge in [-0.05, 0) is 23.8 Å². The third-order valence-corrected chi connectivity index (χ3v) is 3.64. The van der Waals surface area contributed by atoms with Gasteiger partial charge in [0.2, 0.25) is 0 Å². The van der Waals surface area contributed by atoms with Crippen molar-refractivity contribution in [2.45, 2.75) is 6.42 Å². The highest BCUT2D eigenvalue weighted by molar-refractivity contribution is 5.61. The summed E-state index contributed by atoms with van der Waals surface area (Å²) in [5.41, 5.74) is 2.31. The molecule has 0 atom stereocenters. The molecule has 118 valence electrons. The molecule has 4 rings (SSSR count).